The number of halogens is 2. The lowest BCUT2D eigenvalue weighted by molar-refractivity contribution is 0.623. The first-order valence-electron chi connectivity index (χ1n) is 5.11. The maximum atomic E-state index is 13.1. The van der Waals surface area contributed by atoms with Gasteiger partial charge >= 0.3 is 0 Å². The fraction of sp³-hybridized carbons (Fsp3) is 0.0769. The molecule has 0 atom stereocenters. The van der Waals surface area contributed by atoms with Gasteiger partial charge in [0.15, 0.2) is 0 Å². The molecule has 2 N–H and O–H groups in total. The molecule has 4 heteroatoms. The van der Waals surface area contributed by atoms with E-state index in [1.165, 1.54) is 12.1 Å². The van der Waals surface area contributed by atoms with Crippen LogP contribution >= 0.6 is 27.7 Å². The Hall–Kier alpha value is -0.840. The van der Waals surface area contributed by atoms with Crippen LogP contribution in [0, 0.1) is 5.82 Å². The Morgan fingerprint density at radius 3 is 2.47 bits per heavy atom. The van der Waals surface area contributed by atoms with Gasteiger partial charge in [-0.05, 0) is 48.0 Å². The number of hydrogen-bond donors (Lipinski definition) is 1. The Morgan fingerprint density at radius 1 is 1.12 bits per heavy atom. The normalized spacial score (nSPS) is 10.5. The Kier molecular flexibility index (Phi) is 4.20. The lowest BCUT2D eigenvalue weighted by Gasteiger charge is -2.07. The smallest absolute Gasteiger partial charge is 0.123 e. The average molecular weight is 312 g/mol. The highest BCUT2D eigenvalue weighted by atomic mass is 79.9. The molecule has 0 spiro atoms. The minimum atomic E-state index is -0.245. The molecule has 17 heavy (non-hydrogen) atoms. The summed E-state index contributed by atoms with van der Waals surface area (Å²) in [5.74, 6) is -0.245. The Morgan fingerprint density at radius 2 is 1.82 bits per heavy atom. The van der Waals surface area contributed by atoms with Crippen molar-refractivity contribution >= 4 is 27.7 Å². The summed E-state index contributed by atoms with van der Waals surface area (Å²) in [5.41, 5.74) is 6.44. The largest absolute Gasteiger partial charge is 0.326 e. The van der Waals surface area contributed by atoms with Crippen LogP contribution in [0.15, 0.2) is 56.7 Å². The zero-order valence-electron chi connectivity index (χ0n) is 8.99. The minimum absolute atomic E-state index is 0.245. The van der Waals surface area contributed by atoms with E-state index in [9.17, 15) is 4.39 Å². The summed E-state index contributed by atoms with van der Waals surface area (Å²) in [6, 6.07) is 12.7. The third kappa shape index (κ3) is 3.31. The molecule has 88 valence electrons. The zero-order valence-corrected chi connectivity index (χ0v) is 11.4. The molecule has 0 fully saturated rings. The van der Waals surface area contributed by atoms with Crippen LogP contribution in [0.25, 0.3) is 0 Å². The first kappa shape index (κ1) is 12.6. The van der Waals surface area contributed by atoms with E-state index in [1.807, 2.05) is 24.3 Å². The SMILES string of the molecule is NCc1cc(F)ccc1Sc1ccc(Br)cc1. The highest BCUT2D eigenvalue weighted by Crippen LogP contribution is 2.31. The molecular formula is C13H11BrFNS. The summed E-state index contributed by atoms with van der Waals surface area (Å²) in [6.45, 7) is 0.344. The molecule has 0 aliphatic carbocycles. The van der Waals surface area contributed by atoms with Crippen LogP contribution in [0.5, 0.6) is 0 Å². The molecule has 0 amide bonds. The zero-order chi connectivity index (χ0) is 12.3. The highest BCUT2D eigenvalue weighted by Gasteiger charge is 2.04. The van der Waals surface area contributed by atoms with Gasteiger partial charge in [-0.1, -0.05) is 27.7 Å². The second-order valence-electron chi connectivity index (χ2n) is 3.51. The Labute approximate surface area is 112 Å². The van der Waals surface area contributed by atoms with Gasteiger partial charge in [-0.15, -0.1) is 0 Å². The van der Waals surface area contributed by atoms with Crippen LogP contribution < -0.4 is 5.73 Å². The van der Waals surface area contributed by atoms with Crippen molar-refractivity contribution in [1.29, 1.82) is 0 Å². The van der Waals surface area contributed by atoms with Gasteiger partial charge in [0.1, 0.15) is 5.82 Å². The molecule has 2 rings (SSSR count). The minimum Gasteiger partial charge on any atom is -0.326 e. The van der Waals surface area contributed by atoms with Gasteiger partial charge in [-0.3, -0.25) is 0 Å². The fourth-order valence-electron chi connectivity index (χ4n) is 1.44. The Balaban J connectivity index is 2.26. The third-order valence-corrected chi connectivity index (χ3v) is 3.94. The summed E-state index contributed by atoms with van der Waals surface area (Å²) in [4.78, 5) is 2.10. The lowest BCUT2D eigenvalue weighted by atomic mass is 10.2. The fourth-order valence-corrected chi connectivity index (χ4v) is 2.64. The van der Waals surface area contributed by atoms with Gasteiger partial charge in [0, 0.05) is 20.8 Å². The van der Waals surface area contributed by atoms with E-state index in [-0.39, 0.29) is 5.82 Å². The van der Waals surface area contributed by atoms with Crippen LogP contribution in [0.3, 0.4) is 0 Å². The highest BCUT2D eigenvalue weighted by molar-refractivity contribution is 9.10. The lowest BCUT2D eigenvalue weighted by Crippen LogP contribution is -1.98. The first-order valence-corrected chi connectivity index (χ1v) is 6.72. The molecule has 0 heterocycles. The predicted octanol–water partition coefficient (Wildman–Crippen LogP) is 4.20. The van der Waals surface area contributed by atoms with Crippen molar-refractivity contribution in [2.24, 2.45) is 5.73 Å². The second-order valence-corrected chi connectivity index (χ2v) is 5.54. The number of nitrogens with two attached hydrogens (primary N) is 1. The van der Waals surface area contributed by atoms with Gasteiger partial charge in [-0.25, -0.2) is 4.39 Å². The third-order valence-electron chi connectivity index (χ3n) is 2.28. The van der Waals surface area contributed by atoms with Gasteiger partial charge in [0.05, 0.1) is 0 Å². The molecule has 0 bridgehead atoms. The van der Waals surface area contributed by atoms with E-state index >= 15 is 0 Å². The summed E-state index contributed by atoms with van der Waals surface area (Å²) in [5, 5.41) is 0. The number of hydrogen-bond acceptors (Lipinski definition) is 2. The molecule has 0 unspecified atom stereocenters. The van der Waals surface area contributed by atoms with Crippen molar-refractivity contribution in [3.63, 3.8) is 0 Å². The topological polar surface area (TPSA) is 26.0 Å². The van der Waals surface area contributed by atoms with Crippen molar-refractivity contribution in [3.8, 4) is 0 Å². The van der Waals surface area contributed by atoms with Gasteiger partial charge in [0.2, 0.25) is 0 Å². The van der Waals surface area contributed by atoms with Crippen LogP contribution in [0.1, 0.15) is 5.56 Å². The molecule has 0 saturated carbocycles. The molecule has 2 aromatic rings. The predicted molar refractivity (Wildman–Crippen MR) is 72.6 cm³/mol. The molecule has 0 aliphatic heterocycles. The van der Waals surface area contributed by atoms with E-state index in [0.717, 1.165) is 19.8 Å². The molecule has 0 aromatic heterocycles. The second kappa shape index (κ2) is 5.67. The number of benzene rings is 2. The molecule has 0 aliphatic rings. The quantitative estimate of drug-likeness (QED) is 0.919. The summed E-state index contributed by atoms with van der Waals surface area (Å²) in [6.07, 6.45) is 0. The summed E-state index contributed by atoms with van der Waals surface area (Å²) in [7, 11) is 0. The van der Waals surface area contributed by atoms with Crippen LogP contribution in [0.4, 0.5) is 4.39 Å². The van der Waals surface area contributed by atoms with Crippen LogP contribution in [-0.4, -0.2) is 0 Å². The van der Waals surface area contributed by atoms with E-state index in [0.29, 0.717) is 6.54 Å². The molecule has 0 saturated heterocycles. The van der Waals surface area contributed by atoms with Crippen molar-refractivity contribution in [2.75, 3.05) is 0 Å². The molecule has 2 aromatic carbocycles. The van der Waals surface area contributed by atoms with Crippen molar-refractivity contribution < 1.29 is 4.39 Å². The maximum absolute atomic E-state index is 13.1. The van der Waals surface area contributed by atoms with E-state index in [4.69, 9.17) is 5.73 Å². The summed E-state index contributed by atoms with van der Waals surface area (Å²) < 4.78 is 14.1. The monoisotopic (exact) mass is 311 g/mol. The average Bonchev–Trinajstić information content (AvgIpc) is 2.34. The van der Waals surface area contributed by atoms with Crippen molar-refractivity contribution in [2.45, 2.75) is 16.3 Å². The summed E-state index contributed by atoms with van der Waals surface area (Å²) >= 11 is 4.98. The molecule has 1 nitrogen and oxygen atoms in total. The Bertz CT molecular complexity index is 513. The number of rotatable bonds is 3. The standard InChI is InChI=1S/C13H11BrFNS/c14-10-1-4-12(5-2-10)17-13-6-3-11(15)7-9(13)8-16/h1-7H,8,16H2. The molecule has 0 radical (unpaired) electrons. The van der Waals surface area contributed by atoms with E-state index < -0.39 is 0 Å². The van der Waals surface area contributed by atoms with Crippen LogP contribution in [-0.2, 0) is 6.54 Å². The van der Waals surface area contributed by atoms with Crippen molar-refractivity contribution in [3.05, 3.63) is 58.3 Å². The molecular weight excluding hydrogens is 301 g/mol. The van der Waals surface area contributed by atoms with E-state index in [2.05, 4.69) is 15.9 Å². The van der Waals surface area contributed by atoms with E-state index in [1.54, 1.807) is 17.8 Å². The van der Waals surface area contributed by atoms with Crippen LogP contribution in [0.2, 0.25) is 0 Å². The maximum Gasteiger partial charge on any atom is 0.123 e. The van der Waals surface area contributed by atoms with Crippen molar-refractivity contribution in [1.82, 2.24) is 0 Å². The van der Waals surface area contributed by atoms with Gasteiger partial charge in [0.25, 0.3) is 0 Å². The van der Waals surface area contributed by atoms with Gasteiger partial charge < -0.3 is 5.73 Å². The first-order chi connectivity index (χ1) is 8.19. The van der Waals surface area contributed by atoms with Gasteiger partial charge in [-0.2, -0.15) is 0 Å².